The van der Waals surface area contributed by atoms with Gasteiger partial charge < -0.3 is 9.80 Å². The van der Waals surface area contributed by atoms with Crippen molar-refractivity contribution in [1.82, 2.24) is 19.7 Å². The van der Waals surface area contributed by atoms with Crippen molar-refractivity contribution in [2.45, 2.75) is 45.1 Å². The van der Waals surface area contributed by atoms with Crippen LogP contribution in [0.2, 0.25) is 0 Å². The third kappa shape index (κ3) is 5.11. The third-order valence-electron chi connectivity index (χ3n) is 7.40. The third-order valence-corrected chi connectivity index (χ3v) is 7.40. The Bertz CT molecular complexity index is 961. The molecule has 0 radical (unpaired) electrons. The van der Waals surface area contributed by atoms with E-state index in [0.29, 0.717) is 32.4 Å². The van der Waals surface area contributed by atoms with E-state index in [4.69, 9.17) is 0 Å². The van der Waals surface area contributed by atoms with E-state index in [-0.39, 0.29) is 17.9 Å². The van der Waals surface area contributed by atoms with E-state index < -0.39 is 5.41 Å². The minimum atomic E-state index is -0.481. The first-order valence-electron chi connectivity index (χ1n) is 12.1. The highest BCUT2D eigenvalue weighted by molar-refractivity contribution is 5.85. The molecule has 0 N–H and O–H groups in total. The van der Waals surface area contributed by atoms with Crippen molar-refractivity contribution in [3.8, 4) is 11.1 Å². The van der Waals surface area contributed by atoms with Crippen LogP contribution in [0.5, 0.6) is 0 Å². The predicted molar refractivity (Wildman–Crippen MR) is 131 cm³/mol. The fourth-order valence-corrected chi connectivity index (χ4v) is 5.43. The summed E-state index contributed by atoms with van der Waals surface area (Å²) in [6.07, 6.45) is 8.07. The topological polar surface area (TPSA) is 56.8 Å². The molecule has 0 spiro atoms. The molecule has 1 unspecified atom stereocenters. The molecule has 0 bridgehead atoms. The zero-order chi connectivity index (χ0) is 23.4. The van der Waals surface area contributed by atoms with Crippen LogP contribution in [0.3, 0.4) is 0 Å². The number of amides is 2. The van der Waals surface area contributed by atoms with Gasteiger partial charge in [-0.25, -0.2) is 0 Å². The lowest BCUT2D eigenvalue weighted by Crippen LogP contribution is -2.54. The van der Waals surface area contributed by atoms with Crippen molar-refractivity contribution in [3.63, 3.8) is 0 Å². The Balaban J connectivity index is 1.50. The van der Waals surface area contributed by atoms with Gasteiger partial charge in [0.05, 0.1) is 11.5 Å². The van der Waals surface area contributed by atoms with Gasteiger partial charge in [0.2, 0.25) is 11.8 Å². The maximum Gasteiger partial charge on any atom is 0.239 e. The standard InChI is InChI=1S/C27H36N4O2/c1-21(30-14-4-5-15-30)25(32)31-16-11-27(12-17-31,26(33)29(2)3)19-22-8-6-9-23(18-22)24-10-7-13-28-20-24/h6-10,13,18,20-21H,4-5,11-12,14-17,19H2,1-3H3. The summed E-state index contributed by atoms with van der Waals surface area (Å²) >= 11 is 0. The number of hydrogen-bond donors (Lipinski definition) is 0. The van der Waals surface area contributed by atoms with Gasteiger partial charge in [-0.2, -0.15) is 0 Å². The van der Waals surface area contributed by atoms with Gasteiger partial charge in [-0.15, -0.1) is 0 Å². The molecule has 3 heterocycles. The molecule has 0 aliphatic carbocycles. The van der Waals surface area contributed by atoms with Crippen LogP contribution in [0.25, 0.3) is 11.1 Å². The van der Waals surface area contributed by atoms with Gasteiger partial charge >= 0.3 is 0 Å². The summed E-state index contributed by atoms with van der Waals surface area (Å²) in [6.45, 7) is 5.33. The molecule has 176 valence electrons. The van der Waals surface area contributed by atoms with Crippen LogP contribution in [-0.2, 0) is 16.0 Å². The van der Waals surface area contributed by atoms with Crippen LogP contribution in [0.1, 0.15) is 38.2 Å². The van der Waals surface area contributed by atoms with Gasteiger partial charge in [-0.1, -0.05) is 30.3 Å². The van der Waals surface area contributed by atoms with Crippen LogP contribution in [0.15, 0.2) is 48.8 Å². The Hall–Kier alpha value is -2.73. The number of hydrogen-bond acceptors (Lipinski definition) is 4. The molecular formula is C27H36N4O2. The van der Waals surface area contributed by atoms with Crippen LogP contribution >= 0.6 is 0 Å². The van der Waals surface area contributed by atoms with Crippen LogP contribution in [-0.4, -0.2) is 77.8 Å². The molecule has 2 saturated heterocycles. The number of benzene rings is 1. The number of aromatic nitrogens is 1. The second-order valence-corrected chi connectivity index (χ2v) is 9.84. The molecule has 1 atom stereocenters. The molecule has 2 fully saturated rings. The lowest BCUT2D eigenvalue weighted by molar-refractivity contribution is -0.147. The van der Waals surface area contributed by atoms with E-state index >= 15 is 0 Å². The van der Waals surface area contributed by atoms with Crippen LogP contribution in [0.4, 0.5) is 0 Å². The molecular weight excluding hydrogens is 412 g/mol. The number of piperidine rings is 1. The number of likely N-dealkylation sites (tertiary alicyclic amines) is 2. The Labute approximate surface area is 197 Å². The van der Waals surface area contributed by atoms with Crippen LogP contribution in [0, 0.1) is 5.41 Å². The van der Waals surface area contributed by atoms with Crippen molar-refractivity contribution in [3.05, 3.63) is 54.4 Å². The summed E-state index contributed by atoms with van der Waals surface area (Å²) in [4.78, 5) is 36.8. The smallest absolute Gasteiger partial charge is 0.239 e. The fraction of sp³-hybridized carbons (Fsp3) is 0.519. The Morgan fingerprint density at radius 2 is 1.73 bits per heavy atom. The Morgan fingerprint density at radius 1 is 1.03 bits per heavy atom. The first kappa shape index (κ1) is 23.4. The first-order valence-corrected chi connectivity index (χ1v) is 12.1. The SMILES string of the molecule is CC(C(=O)N1CCC(Cc2cccc(-c3cccnc3)c2)(C(=O)N(C)C)CC1)N1CCCC1. The molecule has 6 nitrogen and oxygen atoms in total. The summed E-state index contributed by atoms with van der Waals surface area (Å²) in [5.74, 6) is 0.371. The molecule has 4 rings (SSSR count). The number of nitrogens with zero attached hydrogens (tertiary/aromatic N) is 4. The Kier molecular flexibility index (Phi) is 7.13. The minimum absolute atomic E-state index is 0.0688. The van der Waals surface area contributed by atoms with E-state index in [0.717, 1.165) is 29.8 Å². The minimum Gasteiger partial charge on any atom is -0.348 e. The molecule has 33 heavy (non-hydrogen) atoms. The monoisotopic (exact) mass is 448 g/mol. The van der Waals surface area contributed by atoms with Gasteiger partial charge in [0.25, 0.3) is 0 Å². The van der Waals surface area contributed by atoms with Gasteiger partial charge in [-0.05, 0) is 74.9 Å². The second kappa shape index (κ2) is 10.0. The molecule has 1 aromatic heterocycles. The van der Waals surface area contributed by atoms with Crippen LogP contribution < -0.4 is 0 Å². The first-order chi connectivity index (χ1) is 15.9. The lowest BCUT2D eigenvalue weighted by Gasteiger charge is -2.43. The second-order valence-electron chi connectivity index (χ2n) is 9.84. The lowest BCUT2D eigenvalue weighted by atomic mass is 9.72. The number of carbonyl (C=O) groups excluding carboxylic acids is 2. The van der Waals surface area contributed by atoms with Gasteiger partial charge in [0.1, 0.15) is 0 Å². The van der Waals surface area contributed by atoms with Crippen molar-refractivity contribution < 1.29 is 9.59 Å². The highest BCUT2D eigenvalue weighted by atomic mass is 16.2. The van der Waals surface area contributed by atoms with E-state index in [9.17, 15) is 9.59 Å². The molecule has 2 aliphatic heterocycles. The zero-order valence-corrected chi connectivity index (χ0v) is 20.2. The molecule has 2 aromatic rings. The normalized spacial score (nSPS) is 19.3. The number of carbonyl (C=O) groups is 2. The van der Waals surface area contributed by atoms with E-state index in [2.05, 4.69) is 40.2 Å². The summed E-state index contributed by atoms with van der Waals surface area (Å²) in [7, 11) is 3.67. The van der Waals surface area contributed by atoms with Gasteiger partial charge in [-0.3, -0.25) is 19.5 Å². The highest BCUT2D eigenvalue weighted by Crippen LogP contribution is 2.38. The maximum atomic E-state index is 13.4. The van der Waals surface area contributed by atoms with Crippen molar-refractivity contribution in [1.29, 1.82) is 0 Å². The van der Waals surface area contributed by atoms with E-state index in [1.54, 1.807) is 11.1 Å². The zero-order valence-electron chi connectivity index (χ0n) is 20.2. The highest BCUT2D eigenvalue weighted by Gasteiger charge is 2.44. The van der Waals surface area contributed by atoms with Crippen molar-refractivity contribution >= 4 is 11.8 Å². The van der Waals surface area contributed by atoms with E-state index in [1.165, 1.54) is 12.8 Å². The quantitative estimate of drug-likeness (QED) is 0.679. The molecule has 2 aliphatic rings. The van der Waals surface area contributed by atoms with Crippen molar-refractivity contribution in [2.24, 2.45) is 5.41 Å². The van der Waals surface area contributed by atoms with E-state index in [1.807, 2.05) is 38.2 Å². The van der Waals surface area contributed by atoms with Crippen molar-refractivity contribution in [2.75, 3.05) is 40.3 Å². The molecule has 0 saturated carbocycles. The summed E-state index contributed by atoms with van der Waals surface area (Å²) in [5, 5.41) is 0. The molecule has 2 amide bonds. The Morgan fingerprint density at radius 3 is 2.36 bits per heavy atom. The summed E-state index contributed by atoms with van der Waals surface area (Å²) in [5.41, 5.74) is 2.85. The largest absolute Gasteiger partial charge is 0.348 e. The van der Waals surface area contributed by atoms with Gasteiger partial charge in [0, 0.05) is 39.6 Å². The average molecular weight is 449 g/mol. The maximum absolute atomic E-state index is 13.4. The average Bonchev–Trinajstić information content (AvgIpc) is 3.39. The number of rotatable bonds is 6. The summed E-state index contributed by atoms with van der Waals surface area (Å²) in [6, 6.07) is 12.4. The summed E-state index contributed by atoms with van der Waals surface area (Å²) < 4.78 is 0. The molecule has 6 heteroatoms. The predicted octanol–water partition coefficient (Wildman–Crippen LogP) is 3.47. The molecule has 1 aromatic carbocycles. The number of pyridine rings is 1. The fourth-order valence-electron chi connectivity index (χ4n) is 5.43. The van der Waals surface area contributed by atoms with Gasteiger partial charge in [0.15, 0.2) is 0 Å².